The largest absolute Gasteiger partial charge is 0.481 e. The van der Waals surface area contributed by atoms with Crippen molar-refractivity contribution in [2.24, 2.45) is 23.7 Å². The van der Waals surface area contributed by atoms with Crippen LogP contribution in [0.4, 0.5) is 0 Å². The molecule has 0 aliphatic carbocycles. The molecule has 0 bridgehead atoms. The van der Waals surface area contributed by atoms with E-state index in [1.165, 1.54) is 28.0 Å². The first-order valence-corrected chi connectivity index (χ1v) is 25.6. The number of Topliss-reactive ketones (excluding diaryl/α,β-unsaturated/α-hetero) is 1. The summed E-state index contributed by atoms with van der Waals surface area (Å²) in [5, 5.41) is 17.7. The van der Waals surface area contributed by atoms with Gasteiger partial charge >= 0.3 is 5.97 Å². The number of ketones is 1. The normalized spacial score (nSPS) is 20.6. The van der Waals surface area contributed by atoms with Crippen molar-refractivity contribution in [2.45, 2.75) is 154 Å². The highest BCUT2D eigenvalue weighted by Crippen LogP contribution is 2.35. The highest BCUT2D eigenvalue weighted by Gasteiger charge is 2.44. The molecule has 1 aromatic carbocycles. The minimum Gasteiger partial charge on any atom is -0.481 e. The van der Waals surface area contributed by atoms with Gasteiger partial charge in [-0.1, -0.05) is 77.3 Å². The van der Waals surface area contributed by atoms with Crippen LogP contribution in [-0.2, 0) is 35.2 Å². The number of amides is 5. The molecule has 0 radical (unpaired) electrons. The number of carbonyl (C=O) groups is 7. The molecule has 2 fully saturated rings. The Hall–Kier alpha value is -4.15. The Morgan fingerprint density at radius 2 is 1.72 bits per heavy atom. The van der Waals surface area contributed by atoms with E-state index < -0.39 is 41.3 Å². The van der Waals surface area contributed by atoms with Crippen LogP contribution < -0.4 is 10.6 Å². The Labute approximate surface area is 394 Å². The number of likely N-dealkylation sites (tertiary alicyclic amines) is 2. The summed E-state index contributed by atoms with van der Waals surface area (Å²) in [6.45, 7) is 14.8. The Bertz CT molecular complexity index is 1970. The van der Waals surface area contributed by atoms with Crippen LogP contribution in [0, 0.1) is 30.6 Å². The van der Waals surface area contributed by atoms with Crippen molar-refractivity contribution in [3.05, 3.63) is 51.5 Å². The van der Waals surface area contributed by atoms with E-state index in [2.05, 4.69) is 15.5 Å². The zero-order chi connectivity index (χ0) is 48.2. The van der Waals surface area contributed by atoms with Gasteiger partial charge in [-0.3, -0.25) is 43.4 Å². The third kappa shape index (κ3) is 14.4. The number of imide groups is 1. The van der Waals surface area contributed by atoms with Crippen molar-refractivity contribution in [3.8, 4) is 0 Å². The van der Waals surface area contributed by atoms with Crippen molar-refractivity contribution in [1.29, 1.82) is 0 Å². The van der Waals surface area contributed by atoms with Gasteiger partial charge in [0.25, 0.3) is 5.91 Å². The molecule has 4 rings (SSSR count). The highest BCUT2D eigenvalue weighted by molar-refractivity contribution is 8.00. The van der Waals surface area contributed by atoms with Crippen molar-refractivity contribution >= 4 is 64.4 Å². The lowest BCUT2D eigenvalue weighted by atomic mass is 9.80. The monoisotopic (exact) mass is 939 g/mol. The minimum atomic E-state index is -0.954. The zero-order valence-corrected chi connectivity index (χ0v) is 41.9. The quantitative estimate of drug-likeness (QED) is 0.0646. The maximum atomic E-state index is 14.6. The standard InChI is InChI=1S/C49H74N6O8S2/c1-11-32(5)36(26-41(56)49(7)21-15-22-53(49)8)46(60)54(9)39(30(2)3)27-37(51-42(57)16-13-12-14-23-55-43(58)28-40(64-10)47(55)61)45-52-38(29-65-45)44(59)50-35(24-33(6)48(62)63)25-34-19-17-31(4)18-20-34/h17-20,29-30,32-33,35-37,39-40H,11-16,21-28H2,1-10H3,(H,50,59)(H,51,57)(H,62,63)/t32-,33-,35+,36-,37+,39+,40?,49+/m0/s1. The molecule has 2 saturated heterocycles. The van der Waals surface area contributed by atoms with Gasteiger partial charge < -0.3 is 20.6 Å². The van der Waals surface area contributed by atoms with E-state index >= 15 is 0 Å². The second kappa shape index (κ2) is 24.6. The summed E-state index contributed by atoms with van der Waals surface area (Å²) in [7, 11) is 3.75. The number of hydrogen-bond acceptors (Lipinski definition) is 11. The molecular formula is C49H74N6O8S2. The number of aryl methyl sites for hydroxylation is 1. The summed E-state index contributed by atoms with van der Waals surface area (Å²) in [6, 6.07) is 6.35. The van der Waals surface area contributed by atoms with Gasteiger partial charge in [-0.2, -0.15) is 11.8 Å². The summed E-state index contributed by atoms with van der Waals surface area (Å²) < 4.78 is 0. The van der Waals surface area contributed by atoms with Gasteiger partial charge in [0, 0.05) is 56.2 Å². The topological polar surface area (TPSA) is 186 Å². The molecule has 65 heavy (non-hydrogen) atoms. The van der Waals surface area contributed by atoms with Crippen LogP contribution in [0.5, 0.6) is 0 Å². The van der Waals surface area contributed by atoms with E-state index in [0.717, 1.165) is 36.9 Å². The zero-order valence-electron chi connectivity index (χ0n) is 40.3. The number of nitrogens with zero attached hydrogens (tertiary/aromatic N) is 4. The van der Waals surface area contributed by atoms with Crippen molar-refractivity contribution in [3.63, 3.8) is 0 Å². The number of carboxylic acid groups (broad SMARTS) is 1. The number of unbranched alkanes of at least 4 members (excludes halogenated alkanes) is 2. The van der Waals surface area contributed by atoms with Gasteiger partial charge in [0.05, 0.1) is 22.7 Å². The summed E-state index contributed by atoms with van der Waals surface area (Å²) in [4.78, 5) is 103. The highest BCUT2D eigenvalue weighted by atomic mass is 32.2. The number of carboxylic acids is 1. The number of aromatic nitrogens is 1. The minimum absolute atomic E-state index is 0.0467. The van der Waals surface area contributed by atoms with Crippen LogP contribution in [-0.4, -0.2) is 122 Å². The Balaban J connectivity index is 1.56. The number of thioether (sulfide) groups is 1. The lowest BCUT2D eigenvalue weighted by Gasteiger charge is -2.38. The molecule has 1 aromatic heterocycles. The molecule has 5 amide bonds. The lowest BCUT2D eigenvalue weighted by molar-refractivity contribution is -0.143. The number of rotatable bonds is 26. The van der Waals surface area contributed by atoms with Crippen molar-refractivity contribution < 1.29 is 38.7 Å². The van der Waals surface area contributed by atoms with E-state index in [1.54, 1.807) is 24.3 Å². The van der Waals surface area contributed by atoms with Crippen LogP contribution in [0.15, 0.2) is 29.6 Å². The Morgan fingerprint density at radius 1 is 1.03 bits per heavy atom. The number of carbonyl (C=O) groups excluding carboxylic acids is 6. The van der Waals surface area contributed by atoms with E-state index in [4.69, 9.17) is 4.98 Å². The van der Waals surface area contributed by atoms with E-state index in [-0.39, 0.29) is 83.9 Å². The van der Waals surface area contributed by atoms with Gasteiger partial charge in [0.2, 0.25) is 23.6 Å². The molecule has 3 heterocycles. The molecule has 8 atom stereocenters. The SMILES string of the molecule is CC[C@H](C)[C@H](CC(=O)[C@@]1(C)CCCN1C)C(=O)N(C)[C@H](C[C@@H](NC(=O)CCCCCN1C(=O)CC(SC)C1=O)c1nc(C(=O)N[C@@H](Cc2ccc(C)cc2)C[C@H](C)C(=O)O)cs1)C(C)C. The van der Waals surface area contributed by atoms with Gasteiger partial charge in [-0.05, 0) is 96.0 Å². The molecule has 1 unspecified atom stereocenters. The van der Waals surface area contributed by atoms with Crippen LogP contribution >= 0.6 is 23.1 Å². The fourth-order valence-corrected chi connectivity index (χ4v) is 10.6. The van der Waals surface area contributed by atoms with E-state index in [0.29, 0.717) is 43.7 Å². The van der Waals surface area contributed by atoms with E-state index in [1.807, 2.05) is 79.1 Å². The number of likely N-dealkylation sites (N-methyl/N-ethyl adjacent to an activating group) is 1. The number of benzene rings is 1. The maximum absolute atomic E-state index is 14.6. The van der Waals surface area contributed by atoms with Gasteiger partial charge in [-0.25, -0.2) is 4.98 Å². The fraction of sp³-hybridized carbons (Fsp3) is 0.673. The molecule has 3 N–H and O–H groups in total. The second-order valence-corrected chi connectivity index (χ2v) is 21.0. The number of nitrogens with one attached hydrogen (secondary N) is 2. The number of hydrogen-bond donors (Lipinski definition) is 3. The third-order valence-corrected chi connectivity index (χ3v) is 15.8. The molecule has 2 aliphatic rings. The number of thiazole rings is 1. The predicted molar refractivity (Wildman–Crippen MR) is 257 cm³/mol. The first-order valence-electron chi connectivity index (χ1n) is 23.4. The summed E-state index contributed by atoms with van der Waals surface area (Å²) in [6.07, 6.45) is 7.44. The molecule has 2 aliphatic heterocycles. The molecular weight excluding hydrogens is 865 g/mol. The molecule has 0 saturated carbocycles. The molecule has 2 aromatic rings. The first kappa shape index (κ1) is 53.5. The number of aliphatic carboxylic acids is 1. The van der Waals surface area contributed by atoms with Gasteiger partial charge in [0.1, 0.15) is 10.7 Å². The third-order valence-electron chi connectivity index (χ3n) is 13.9. The van der Waals surface area contributed by atoms with E-state index in [9.17, 15) is 38.7 Å². The smallest absolute Gasteiger partial charge is 0.306 e. The fourth-order valence-electron chi connectivity index (χ4n) is 9.06. The molecule has 16 heteroatoms. The molecule has 360 valence electrons. The maximum Gasteiger partial charge on any atom is 0.306 e. The van der Waals surface area contributed by atoms with Crippen LogP contribution in [0.3, 0.4) is 0 Å². The van der Waals surface area contributed by atoms with Crippen molar-refractivity contribution in [1.82, 2.24) is 30.3 Å². The lowest BCUT2D eigenvalue weighted by Crippen LogP contribution is -2.50. The second-order valence-electron chi connectivity index (χ2n) is 19.1. The van der Waals surface area contributed by atoms with Crippen LogP contribution in [0.25, 0.3) is 0 Å². The van der Waals surface area contributed by atoms with Crippen molar-refractivity contribution in [2.75, 3.05) is 33.4 Å². The molecule has 0 spiro atoms. The van der Waals surface area contributed by atoms with Gasteiger partial charge in [0.15, 0.2) is 5.78 Å². The Kier molecular flexibility index (Phi) is 20.2. The summed E-state index contributed by atoms with van der Waals surface area (Å²) in [5.41, 5.74) is 1.58. The van der Waals surface area contributed by atoms with Crippen LogP contribution in [0.2, 0.25) is 0 Å². The Morgan fingerprint density at radius 3 is 2.31 bits per heavy atom. The summed E-state index contributed by atoms with van der Waals surface area (Å²) >= 11 is 2.61. The average molecular weight is 939 g/mol. The predicted octanol–water partition coefficient (Wildman–Crippen LogP) is 7.09. The average Bonchev–Trinajstić information content (AvgIpc) is 3.97. The van der Waals surface area contributed by atoms with Crippen LogP contribution in [0.1, 0.15) is 145 Å². The molecule has 14 nitrogen and oxygen atoms in total. The van der Waals surface area contributed by atoms with Gasteiger partial charge in [-0.15, -0.1) is 11.3 Å². The first-order chi connectivity index (χ1) is 30.7. The summed E-state index contributed by atoms with van der Waals surface area (Å²) in [5.74, 6) is -3.34.